The first-order valence-electron chi connectivity index (χ1n) is 7.62. The molecule has 1 aliphatic rings. The fraction of sp³-hybridized carbons (Fsp3) is 0.667. The number of rotatable bonds is 5. The van der Waals surface area contributed by atoms with E-state index in [1.165, 1.54) is 7.11 Å². The first kappa shape index (κ1) is 18.2. The minimum absolute atomic E-state index is 0.121. The lowest BCUT2D eigenvalue weighted by Gasteiger charge is -2.32. The molecule has 0 radical (unpaired) electrons. The lowest BCUT2D eigenvalue weighted by molar-refractivity contribution is -0.146. The third-order valence-corrected chi connectivity index (χ3v) is 3.99. The lowest BCUT2D eigenvalue weighted by atomic mass is 9.82. The summed E-state index contributed by atoms with van der Waals surface area (Å²) in [5.74, 6) is -3.24. The summed E-state index contributed by atoms with van der Waals surface area (Å²) in [7, 11) is 1.18. The zero-order chi connectivity index (χ0) is 17.7. The van der Waals surface area contributed by atoms with Gasteiger partial charge >= 0.3 is 12.1 Å². The summed E-state index contributed by atoms with van der Waals surface area (Å²) in [4.78, 5) is 23.8. The largest absolute Gasteiger partial charge is 0.467 e. The summed E-state index contributed by atoms with van der Waals surface area (Å²) in [5, 5.41) is 6.07. The van der Waals surface area contributed by atoms with Gasteiger partial charge < -0.3 is 19.3 Å². The van der Waals surface area contributed by atoms with E-state index in [1.807, 2.05) is 0 Å². The highest BCUT2D eigenvalue weighted by molar-refractivity contribution is 5.81. The van der Waals surface area contributed by atoms with E-state index >= 15 is 0 Å². The van der Waals surface area contributed by atoms with Gasteiger partial charge in [0.2, 0.25) is 5.92 Å². The Kier molecular flexibility index (Phi) is 5.74. The molecule has 1 aromatic heterocycles. The molecule has 1 fully saturated rings. The average Bonchev–Trinajstić information content (AvgIpc) is 2.96. The molecule has 1 N–H and O–H groups in total. The van der Waals surface area contributed by atoms with Gasteiger partial charge in [-0.05, 0) is 25.7 Å². The molecule has 0 saturated heterocycles. The van der Waals surface area contributed by atoms with Gasteiger partial charge in [-0.2, -0.15) is 0 Å². The number of ether oxygens (including phenoxy) is 2. The number of alkyl halides is 2. The van der Waals surface area contributed by atoms with Crippen molar-refractivity contribution in [2.24, 2.45) is 5.92 Å². The van der Waals surface area contributed by atoms with Crippen LogP contribution in [0.25, 0.3) is 0 Å². The predicted octanol–water partition coefficient (Wildman–Crippen LogP) is 2.58. The zero-order valence-electron chi connectivity index (χ0n) is 13.5. The second-order valence-corrected chi connectivity index (χ2v) is 5.84. The SMILES string of the molecule is COC(=O)[C@@H](NC(=O)OCc1cc(C)on1)C1CCC(F)(F)CC1. The molecule has 0 unspecified atom stereocenters. The molecule has 9 heteroatoms. The Bertz CT molecular complexity index is 580. The van der Waals surface area contributed by atoms with E-state index in [0.717, 1.165) is 0 Å². The Hall–Kier alpha value is -2.19. The van der Waals surface area contributed by atoms with Crippen molar-refractivity contribution in [3.05, 3.63) is 17.5 Å². The minimum atomic E-state index is -2.72. The third kappa shape index (κ3) is 4.90. The number of esters is 1. The van der Waals surface area contributed by atoms with Gasteiger partial charge in [-0.25, -0.2) is 18.4 Å². The predicted molar refractivity (Wildman–Crippen MR) is 77.3 cm³/mol. The fourth-order valence-electron chi connectivity index (χ4n) is 2.69. The van der Waals surface area contributed by atoms with Crippen molar-refractivity contribution in [1.29, 1.82) is 0 Å². The molecule has 134 valence electrons. The van der Waals surface area contributed by atoms with E-state index < -0.39 is 29.9 Å². The van der Waals surface area contributed by atoms with Crippen LogP contribution in [0, 0.1) is 12.8 Å². The van der Waals surface area contributed by atoms with Gasteiger partial charge in [0.15, 0.2) is 0 Å². The van der Waals surface area contributed by atoms with E-state index in [-0.39, 0.29) is 32.3 Å². The molecule has 1 aromatic rings. The van der Waals surface area contributed by atoms with Crippen LogP contribution in [0.1, 0.15) is 37.1 Å². The van der Waals surface area contributed by atoms with Gasteiger partial charge in [0, 0.05) is 18.9 Å². The van der Waals surface area contributed by atoms with Crippen LogP contribution in [0.2, 0.25) is 0 Å². The minimum Gasteiger partial charge on any atom is -0.467 e. The van der Waals surface area contributed by atoms with Crippen LogP contribution in [0.3, 0.4) is 0 Å². The Labute approximate surface area is 137 Å². The van der Waals surface area contributed by atoms with Crippen molar-refractivity contribution in [1.82, 2.24) is 10.5 Å². The van der Waals surface area contributed by atoms with E-state index in [9.17, 15) is 18.4 Å². The molecule has 1 saturated carbocycles. The van der Waals surface area contributed by atoms with Crippen LogP contribution in [-0.4, -0.2) is 36.3 Å². The Morgan fingerprint density at radius 1 is 1.46 bits per heavy atom. The molecule has 2 rings (SSSR count). The normalized spacial score (nSPS) is 18.7. The number of carbonyl (C=O) groups is 2. The van der Waals surface area contributed by atoms with Crippen LogP contribution < -0.4 is 5.32 Å². The van der Waals surface area contributed by atoms with Crippen molar-refractivity contribution >= 4 is 12.1 Å². The molecule has 0 aliphatic heterocycles. The topological polar surface area (TPSA) is 90.7 Å². The quantitative estimate of drug-likeness (QED) is 0.824. The molecule has 0 aromatic carbocycles. The van der Waals surface area contributed by atoms with E-state index in [0.29, 0.717) is 11.5 Å². The maximum Gasteiger partial charge on any atom is 0.408 e. The smallest absolute Gasteiger partial charge is 0.408 e. The van der Waals surface area contributed by atoms with Crippen LogP contribution in [0.5, 0.6) is 0 Å². The van der Waals surface area contributed by atoms with Crippen molar-refractivity contribution in [2.75, 3.05) is 7.11 Å². The third-order valence-electron chi connectivity index (χ3n) is 3.99. The number of carbonyl (C=O) groups excluding carboxylic acids is 2. The van der Waals surface area contributed by atoms with Gasteiger partial charge in [0.05, 0.1) is 7.11 Å². The van der Waals surface area contributed by atoms with Crippen molar-refractivity contribution in [3.8, 4) is 0 Å². The number of hydrogen-bond acceptors (Lipinski definition) is 6. The molecular formula is C15H20F2N2O5. The number of nitrogens with zero attached hydrogens (tertiary/aromatic N) is 1. The monoisotopic (exact) mass is 346 g/mol. The van der Waals surface area contributed by atoms with Gasteiger partial charge in [0.1, 0.15) is 24.1 Å². The number of amides is 1. The first-order chi connectivity index (χ1) is 11.3. The number of methoxy groups -OCH3 is 1. The molecule has 24 heavy (non-hydrogen) atoms. The molecule has 0 spiro atoms. The zero-order valence-corrected chi connectivity index (χ0v) is 13.5. The maximum absolute atomic E-state index is 13.3. The van der Waals surface area contributed by atoms with Crippen LogP contribution in [0.4, 0.5) is 13.6 Å². The summed E-state index contributed by atoms with van der Waals surface area (Å²) in [6, 6.07) is 0.589. The molecule has 1 atom stereocenters. The highest BCUT2D eigenvalue weighted by Gasteiger charge is 2.40. The fourth-order valence-corrected chi connectivity index (χ4v) is 2.69. The molecule has 1 amide bonds. The Morgan fingerprint density at radius 3 is 2.67 bits per heavy atom. The van der Waals surface area contributed by atoms with Crippen molar-refractivity contribution < 1.29 is 32.4 Å². The second-order valence-electron chi connectivity index (χ2n) is 5.84. The number of aryl methyl sites for hydroxylation is 1. The van der Waals surface area contributed by atoms with Crippen LogP contribution >= 0.6 is 0 Å². The number of aromatic nitrogens is 1. The summed E-state index contributed by atoms with van der Waals surface area (Å²) in [6.45, 7) is 1.57. The molecule has 1 heterocycles. The highest BCUT2D eigenvalue weighted by atomic mass is 19.3. The number of hydrogen-bond donors (Lipinski definition) is 1. The summed E-state index contributed by atoms with van der Waals surface area (Å²) < 4.78 is 41.0. The van der Waals surface area contributed by atoms with E-state index in [2.05, 4.69) is 15.2 Å². The second kappa shape index (κ2) is 7.59. The van der Waals surface area contributed by atoms with Crippen molar-refractivity contribution in [2.45, 2.75) is 51.2 Å². The first-order valence-corrected chi connectivity index (χ1v) is 7.62. The maximum atomic E-state index is 13.3. The van der Waals surface area contributed by atoms with E-state index in [1.54, 1.807) is 13.0 Å². The average molecular weight is 346 g/mol. The number of nitrogens with one attached hydrogen (secondary N) is 1. The van der Waals surface area contributed by atoms with Crippen LogP contribution in [-0.2, 0) is 20.9 Å². The molecular weight excluding hydrogens is 326 g/mol. The molecule has 0 bridgehead atoms. The van der Waals surface area contributed by atoms with E-state index in [4.69, 9.17) is 9.26 Å². The summed E-state index contributed by atoms with van der Waals surface area (Å²) in [5.41, 5.74) is 0.426. The lowest BCUT2D eigenvalue weighted by Crippen LogP contribution is -2.48. The standard InChI is InChI=1S/C15H20F2N2O5/c1-9-7-11(19-24-9)8-23-14(21)18-12(13(20)22-2)10-3-5-15(16,17)6-4-10/h7,10,12H,3-6,8H2,1-2H3,(H,18,21)/t12-/m0/s1. The van der Waals surface area contributed by atoms with Gasteiger partial charge in [-0.3, -0.25) is 0 Å². The molecule has 7 nitrogen and oxygen atoms in total. The van der Waals surface area contributed by atoms with Gasteiger partial charge in [-0.1, -0.05) is 5.16 Å². The van der Waals surface area contributed by atoms with Gasteiger partial charge in [0.25, 0.3) is 0 Å². The Balaban J connectivity index is 1.90. The number of alkyl carbamates (subject to hydrolysis) is 1. The summed E-state index contributed by atoms with van der Waals surface area (Å²) in [6.07, 6.45) is -1.24. The van der Waals surface area contributed by atoms with Crippen LogP contribution in [0.15, 0.2) is 10.6 Å². The summed E-state index contributed by atoms with van der Waals surface area (Å²) >= 11 is 0. The molecule has 1 aliphatic carbocycles. The number of halogens is 2. The highest BCUT2D eigenvalue weighted by Crippen LogP contribution is 2.37. The Morgan fingerprint density at radius 2 is 2.12 bits per heavy atom. The van der Waals surface area contributed by atoms with Gasteiger partial charge in [-0.15, -0.1) is 0 Å². The van der Waals surface area contributed by atoms with Crippen molar-refractivity contribution in [3.63, 3.8) is 0 Å².